The number of hydrogen-bond acceptors (Lipinski definition) is 4. The first-order valence-electron chi connectivity index (χ1n) is 8.74. The summed E-state index contributed by atoms with van der Waals surface area (Å²) in [4.78, 5) is 18.5. The summed E-state index contributed by atoms with van der Waals surface area (Å²) in [7, 11) is -1.92. The van der Waals surface area contributed by atoms with E-state index in [4.69, 9.17) is 21.5 Å². The minimum atomic E-state index is -1.92. The number of hydrogen-bond donors (Lipinski definition) is 2. The average molecular weight is 439 g/mol. The highest BCUT2D eigenvalue weighted by Crippen LogP contribution is 2.36. The molecule has 0 aliphatic carbocycles. The van der Waals surface area contributed by atoms with Gasteiger partial charge in [-0.15, -0.1) is 5.54 Å². The van der Waals surface area contributed by atoms with Crippen LogP contribution in [-0.2, 0) is 4.84 Å². The Labute approximate surface area is 174 Å². The average Bonchev–Trinajstić information content (AvgIpc) is 2.65. The summed E-state index contributed by atoms with van der Waals surface area (Å²) >= 11 is 6.28. The van der Waals surface area contributed by atoms with E-state index in [1.165, 1.54) is 4.90 Å². The molecule has 0 fully saturated rings. The van der Waals surface area contributed by atoms with Crippen LogP contribution < -0.4 is 10.4 Å². The van der Waals surface area contributed by atoms with Crippen molar-refractivity contribution in [1.82, 2.24) is 5.48 Å². The minimum Gasteiger partial charge on any atom is -0.394 e. The smallest absolute Gasteiger partial charge is 0.277 e. The number of aliphatic hydroxyl groups is 1. The van der Waals surface area contributed by atoms with Crippen LogP contribution in [0.2, 0.25) is 24.7 Å². The van der Waals surface area contributed by atoms with Gasteiger partial charge in [0.05, 0.1) is 29.5 Å². The first kappa shape index (κ1) is 22.8. The van der Waals surface area contributed by atoms with Crippen LogP contribution >= 0.6 is 11.6 Å². The Morgan fingerprint density at radius 2 is 1.93 bits per heavy atom. The van der Waals surface area contributed by atoms with E-state index in [9.17, 15) is 13.6 Å². The van der Waals surface area contributed by atoms with Crippen LogP contribution in [0, 0.1) is 23.2 Å². The molecule has 0 aromatic heterocycles. The molecule has 0 saturated heterocycles. The lowest BCUT2D eigenvalue weighted by Crippen LogP contribution is -2.28. The van der Waals surface area contributed by atoms with Crippen molar-refractivity contribution in [2.45, 2.75) is 19.6 Å². The molecule has 5 nitrogen and oxygen atoms in total. The van der Waals surface area contributed by atoms with Gasteiger partial charge in [-0.1, -0.05) is 43.4 Å². The minimum absolute atomic E-state index is 0.158. The van der Waals surface area contributed by atoms with Crippen LogP contribution in [0.3, 0.4) is 0 Å². The van der Waals surface area contributed by atoms with Gasteiger partial charge in [-0.2, -0.15) is 0 Å². The zero-order valence-corrected chi connectivity index (χ0v) is 18.0. The number of aliphatic hydroxyl groups excluding tert-OH is 1. The van der Waals surface area contributed by atoms with Crippen molar-refractivity contribution in [2.24, 2.45) is 0 Å². The molecule has 29 heavy (non-hydrogen) atoms. The molecule has 2 aromatic rings. The molecule has 0 unspecified atom stereocenters. The molecule has 0 heterocycles. The molecular weight excluding hydrogens is 418 g/mol. The maximum Gasteiger partial charge on any atom is 0.277 e. The molecule has 0 spiro atoms. The number of carbonyl (C=O) groups excluding carboxylic acids is 1. The highest BCUT2D eigenvalue weighted by Gasteiger charge is 2.26. The van der Waals surface area contributed by atoms with E-state index in [1.807, 2.05) is 19.6 Å². The molecule has 0 radical (unpaired) electrons. The summed E-state index contributed by atoms with van der Waals surface area (Å²) in [6.07, 6.45) is 0. The summed E-state index contributed by atoms with van der Waals surface area (Å²) < 4.78 is 29.0. The van der Waals surface area contributed by atoms with Gasteiger partial charge < -0.3 is 5.11 Å². The maximum absolute atomic E-state index is 14.9. The second kappa shape index (κ2) is 9.85. The number of nitrogens with zero attached hydrogens (tertiary/aromatic N) is 1. The van der Waals surface area contributed by atoms with Crippen LogP contribution in [0.5, 0.6) is 0 Å². The molecule has 154 valence electrons. The number of benzene rings is 2. The SMILES string of the molecule is C[Si](C)(C)C#CN(c1ccccc1Cl)c1c(C(=O)NOCCO)ccc(F)c1F. The fourth-order valence-corrected chi connectivity index (χ4v) is 2.92. The van der Waals surface area contributed by atoms with Gasteiger partial charge in [0.1, 0.15) is 13.8 Å². The van der Waals surface area contributed by atoms with Crippen LogP contribution in [0.4, 0.5) is 20.2 Å². The highest BCUT2D eigenvalue weighted by molar-refractivity contribution is 6.83. The fourth-order valence-electron chi connectivity index (χ4n) is 2.25. The molecule has 0 bridgehead atoms. The Hall–Kier alpha value is -2.44. The number of carbonyl (C=O) groups is 1. The molecule has 1 amide bonds. The number of amides is 1. The number of para-hydroxylation sites is 1. The number of nitrogens with one attached hydrogen (secondary N) is 1. The summed E-state index contributed by atoms with van der Waals surface area (Å²) in [6, 6.07) is 11.4. The normalized spacial score (nSPS) is 10.9. The van der Waals surface area contributed by atoms with E-state index >= 15 is 0 Å². The van der Waals surface area contributed by atoms with Crippen molar-refractivity contribution in [1.29, 1.82) is 0 Å². The van der Waals surface area contributed by atoms with E-state index in [0.29, 0.717) is 5.69 Å². The van der Waals surface area contributed by atoms with Crippen molar-refractivity contribution in [2.75, 3.05) is 18.1 Å². The lowest BCUT2D eigenvalue weighted by Gasteiger charge is -2.23. The van der Waals surface area contributed by atoms with E-state index in [0.717, 1.165) is 12.1 Å². The third-order valence-corrected chi connectivity index (χ3v) is 4.71. The zero-order chi connectivity index (χ0) is 21.6. The fraction of sp³-hybridized carbons (Fsp3) is 0.250. The van der Waals surface area contributed by atoms with Crippen molar-refractivity contribution < 1.29 is 23.5 Å². The van der Waals surface area contributed by atoms with Crippen molar-refractivity contribution in [3.05, 3.63) is 58.6 Å². The second-order valence-electron chi connectivity index (χ2n) is 7.03. The third-order valence-electron chi connectivity index (χ3n) is 3.53. The van der Waals surface area contributed by atoms with Gasteiger partial charge >= 0.3 is 0 Å². The zero-order valence-electron chi connectivity index (χ0n) is 16.2. The van der Waals surface area contributed by atoms with Gasteiger partial charge in [0.25, 0.3) is 5.91 Å². The first-order chi connectivity index (χ1) is 13.7. The predicted octanol–water partition coefficient (Wildman–Crippen LogP) is 4.25. The first-order valence-corrected chi connectivity index (χ1v) is 12.6. The topological polar surface area (TPSA) is 61.8 Å². The van der Waals surface area contributed by atoms with Crippen molar-refractivity contribution in [3.63, 3.8) is 0 Å². The molecule has 9 heteroatoms. The van der Waals surface area contributed by atoms with Gasteiger partial charge in [-0.3, -0.25) is 14.5 Å². The van der Waals surface area contributed by atoms with Gasteiger partial charge in [0.2, 0.25) is 0 Å². The lowest BCUT2D eigenvalue weighted by atomic mass is 10.1. The Bertz CT molecular complexity index is 955. The van der Waals surface area contributed by atoms with E-state index < -0.39 is 25.6 Å². The Kier molecular flexibility index (Phi) is 7.76. The predicted molar refractivity (Wildman–Crippen MR) is 112 cm³/mol. The van der Waals surface area contributed by atoms with Gasteiger partial charge in [0, 0.05) is 6.04 Å². The number of hydroxylamine groups is 1. The number of halogens is 3. The van der Waals surface area contributed by atoms with Crippen LogP contribution in [0.25, 0.3) is 0 Å². The molecule has 2 aromatic carbocycles. The second-order valence-corrected chi connectivity index (χ2v) is 12.2. The van der Waals surface area contributed by atoms with E-state index in [2.05, 4.69) is 17.1 Å². The Morgan fingerprint density at radius 1 is 1.24 bits per heavy atom. The standard InChI is InChI=1S/C20H21ClF2N2O3Si/c1-29(2,3)13-10-25(17-7-5-4-6-15(17)21)19-14(8-9-16(22)18(19)23)20(27)24-28-12-11-26/h4-9,26H,11-12H2,1-3H3,(H,24,27). The maximum atomic E-state index is 14.9. The molecule has 2 N–H and O–H groups in total. The lowest BCUT2D eigenvalue weighted by molar-refractivity contribution is 0.0168. The quantitative estimate of drug-likeness (QED) is 0.233. The Morgan fingerprint density at radius 3 is 2.55 bits per heavy atom. The third kappa shape index (κ3) is 6.02. The van der Waals surface area contributed by atoms with Gasteiger partial charge in [-0.05, 0) is 24.3 Å². The van der Waals surface area contributed by atoms with Crippen molar-refractivity contribution >= 4 is 37.0 Å². The number of rotatable bonds is 6. The molecule has 0 atom stereocenters. The monoisotopic (exact) mass is 438 g/mol. The molecule has 2 rings (SSSR count). The Balaban J connectivity index is 2.69. The number of anilines is 2. The van der Waals surface area contributed by atoms with Crippen LogP contribution in [0.1, 0.15) is 10.4 Å². The molecule has 0 saturated carbocycles. The van der Waals surface area contributed by atoms with Crippen molar-refractivity contribution in [3.8, 4) is 11.6 Å². The largest absolute Gasteiger partial charge is 0.394 e. The molecule has 0 aliphatic rings. The van der Waals surface area contributed by atoms with Gasteiger partial charge in [0.15, 0.2) is 11.6 Å². The van der Waals surface area contributed by atoms with E-state index in [-0.39, 0.29) is 29.5 Å². The molecule has 0 aliphatic heterocycles. The van der Waals surface area contributed by atoms with Gasteiger partial charge in [-0.25, -0.2) is 14.3 Å². The van der Waals surface area contributed by atoms with Crippen LogP contribution in [-0.4, -0.2) is 32.3 Å². The van der Waals surface area contributed by atoms with Crippen LogP contribution in [0.15, 0.2) is 36.4 Å². The summed E-state index contributed by atoms with van der Waals surface area (Å²) in [5.74, 6) is -3.21. The summed E-state index contributed by atoms with van der Waals surface area (Å²) in [5.41, 5.74) is 4.89. The summed E-state index contributed by atoms with van der Waals surface area (Å²) in [6.45, 7) is 5.49. The van der Waals surface area contributed by atoms with E-state index in [1.54, 1.807) is 24.3 Å². The highest BCUT2D eigenvalue weighted by atomic mass is 35.5. The molecular formula is C20H21ClF2N2O3Si. The summed E-state index contributed by atoms with van der Waals surface area (Å²) in [5, 5.41) is 9.03.